The molecule has 0 amide bonds. The van der Waals surface area contributed by atoms with E-state index in [1.54, 1.807) is 0 Å². The number of benzene rings is 3. The maximum absolute atomic E-state index is 13.3. The maximum atomic E-state index is 13.3. The first-order valence-corrected chi connectivity index (χ1v) is 12.1. The van der Waals surface area contributed by atoms with Crippen molar-refractivity contribution in [2.24, 2.45) is 0 Å². The van der Waals surface area contributed by atoms with Crippen LogP contribution in [-0.2, 0) is 0 Å². The molecule has 0 radical (unpaired) electrons. The molecule has 6 heteroatoms. The molecule has 5 aromatic rings. The number of hydrogen-bond acceptors (Lipinski definition) is 4. The number of carbonyl (C=O) groups is 1. The van der Waals surface area contributed by atoms with Gasteiger partial charge in [-0.15, -0.1) is 10.2 Å². The molecule has 0 spiro atoms. The van der Waals surface area contributed by atoms with Crippen molar-refractivity contribution >= 4 is 17.5 Å². The number of rotatable bonds is 7. The lowest BCUT2D eigenvalue weighted by Crippen LogP contribution is -2.07. The Hall–Kier alpha value is -3.90. The SMILES string of the molecule is Cc1cc(C(=O)CSc2nnc(-c3ccccc3)n2-c2ccccc2)c(C)n1-c1ccccc1. The number of carbonyl (C=O) groups excluding carboxylic acids is 1. The van der Waals surface area contributed by atoms with Crippen molar-refractivity contribution < 1.29 is 4.79 Å². The summed E-state index contributed by atoms with van der Waals surface area (Å²) in [5, 5.41) is 9.60. The molecule has 0 N–H and O–H groups in total. The summed E-state index contributed by atoms with van der Waals surface area (Å²) in [6, 6.07) is 32.1. The van der Waals surface area contributed by atoms with Crippen LogP contribution in [0.3, 0.4) is 0 Å². The maximum Gasteiger partial charge on any atom is 0.196 e. The summed E-state index contributed by atoms with van der Waals surface area (Å²) in [6.07, 6.45) is 0. The fourth-order valence-corrected chi connectivity index (χ4v) is 5.01. The minimum absolute atomic E-state index is 0.0733. The predicted molar refractivity (Wildman–Crippen MR) is 137 cm³/mol. The quantitative estimate of drug-likeness (QED) is 0.209. The lowest BCUT2D eigenvalue weighted by Gasteiger charge is -2.11. The fraction of sp³-hybridized carbons (Fsp3) is 0.107. The van der Waals surface area contributed by atoms with Gasteiger partial charge >= 0.3 is 0 Å². The van der Waals surface area contributed by atoms with Gasteiger partial charge in [-0.1, -0.05) is 78.5 Å². The van der Waals surface area contributed by atoms with Crippen LogP contribution in [0.15, 0.2) is 102 Å². The van der Waals surface area contributed by atoms with Crippen LogP contribution in [0.25, 0.3) is 22.8 Å². The second-order valence-electron chi connectivity index (χ2n) is 8.01. The Morgan fingerprint density at radius 3 is 1.94 bits per heavy atom. The van der Waals surface area contributed by atoms with E-state index in [-0.39, 0.29) is 11.5 Å². The summed E-state index contributed by atoms with van der Waals surface area (Å²) < 4.78 is 4.14. The van der Waals surface area contributed by atoms with Crippen LogP contribution in [0.5, 0.6) is 0 Å². The molecule has 5 rings (SSSR count). The van der Waals surface area contributed by atoms with Crippen LogP contribution in [0.2, 0.25) is 0 Å². The molecule has 0 unspecified atom stereocenters. The zero-order valence-corrected chi connectivity index (χ0v) is 19.9. The Morgan fingerprint density at radius 2 is 1.32 bits per heavy atom. The molecule has 2 aromatic heterocycles. The normalized spacial score (nSPS) is 11.0. The van der Waals surface area contributed by atoms with Crippen LogP contribution in [0, 0.1) is 13.8 Å². The number of Topliss-reactive ketones (excluding diaryl/α,β-unsaturated/α-hetero) is 1. The van der Waals surface area contributed by atoms with Crippen LogP contribution in [-0.4, -0.2) is 30.9 Å². The lowest BCUT2D eigenvalue weighted by molar-refractivity contribution is 0.102. The number of para-hydroxylation sites is 2. The van der Waals surface area contributed by atoms with Gasteiger partial charge in [0, 0.05) is 33.9 Å². The van der Waals surface area contributed by atoms with E-state index in [0.29, 0.717) is 5.16 Å². The van der Waals surface area contributed by atoms with Crippen LogP contribution < -0.4 is 0 Å². The Morgan fingerprint density at radius 1 is 0.765 bits per heavy atom. The van der Waals surface area contributed by atoms with Gasteiger partial charge in [0.15, 0.2) is 16.8 Å². The first-order valence-electron chi connectivity index (χ1n) is 11.1. The van der Waals surface area contributed by atoms with Gasteiger partial charge in [0.2, 0.25) is 0 Å². The van der Waals surface area contributed by atoms with E-state index >= 15 is 0 Å². The summed E-state index contributed by atoms with van der Waals surface area (Å²) in [5.74, 6) is 1.10. The highest BCUT2D eigenvalue weighted by Gasteiger charge is 2.20. The molecule has 168 valence electrons. The van der Waals surface area contributed by atoms with Crippen molar-refractivity contribution in [3.8, 4) is 22.8 Å². The van der Waals surface area contributed by atoms with Crippen molar-refractivity contribution in [3.05, 3.63) is 114 Å². The summed E-state index contributed by atoms with van der Waals surface area (Å²) in [4.78, 5) is 13.3. The third kappa shape index (κ3) is 4.20. The monoisotopic (exact) mass is 464 g/mol. The Kier molecular flexibility index (Phi) is 6.14. The number of hydrogen-bond donors (Lipinski definition) is 0. The molecule has 5 nitrogen and oxygen atoms in total. The molecular weight excluding hydrogens is 440 g/mol. The molecule has 0 aliphatic rings. The van der Waals surface area contributed by atoms with E-state index in [1.165, 1.54) is 11.8 Å². The Balaban J connectivity index is 1.44. The second-order valence-corrected chi connectivity index (χ2v) is 8.95. The third-order valence-corrected chi connectivity index (χ3v) is 6.69. The first kappa shape index (κ1) is 21.9. The van der Waals surface area contributed by atoms with Gasteiger partial charge in [0.25, 0.3) is 0 Å². The van der Waals surface area contributed by atoms with Gasteiger partial charge in [-0.25, -0.2) is 0 Å². The molecule has 0 aliphatic carbocycles. The first-order chi connectivity index (χ1) is 16.6. The average molecular weight is 465 g/mol. The number of aromatic nitrogens is 4. The van der Waals surface area contributed by atoms with Crippen molar-refractivity contribution in [3.63, 3.8) is 0 Å². The molecule has 0 saturated carbocycles. The minimum Gasteiger partial charge on any atom is -0.318 e. The highest BCUT2D eigenvalue weighted by atomic mass is 32.2. The van der Waals surface area contributed by atoms with Gasteiger partial charge in [-0.2, -0.15) is 0 Å². The second kappa shape index (κ2) is 9.53. The zero-order chi connectivity index (χ0) is 23.5. The number of ketones is 1. The predicted octanol–water partition coefficient (Wildman–Crippen LogP) is 6.32. The summed E-state index contributed by atoms with van der Waals surface area (Å²) in [6.45, 7) is 4.03. The van der Waals surface area contributed by atoms with Crippen molar-refractivity contribution in [1.29, 1.82) is 0 Å². The minimum atomic E-state index is 0.0733. The third-order valence-electron chi connectivity index (χ3n) is 5.76. The smallest absolute Gasteiger partial charge is 0.196 e. The number of nitrogens with zero attached hydrogens (tertiary/aromatic N) is 4. The van der Waals surface area contributed by atoms with Crippen molar-refractivity contribution in [1.82, 2.24) is 19.3 Å². The molecule has 34 heavy (non-hydrogen) atoms. The van der Waals surface area contributed by atoms with E-state index in [4.69, 9.17) is 0 Å². The largest absolute Gasteiger partial charge is 0.318 e. The summed E-state index contributed by atoms with van der Waals surface area (Å²) >= 11 is 1.41. The molecule has 3 aromatic carbocycles. The van der Waals surface area contributed by atoms with E-state index < -0.39 is 0 Å². The van der Waals surface area contributed by atoms with Crippen LogP contribution in [0.4, 0.5) is 0 Å². The van der Waals surface area contributed by atoms with Crippen molar-refractivity contribution in [2.45, 2.75) is 19.0 Å². The zero-order valence-electron chi connectivity index (χ0n) is 19.1. The van der Waals surface area contributed by atoms with Gasteiger partial charge in [-0.05, 0) is 44.2 Å². The van der Waals surface area contributed by atoms with Crippen molar-refractivity contribution in [2.75, 3.05) is 5.75 Å². The Bertz CT molecular complexity index is 1420. The highest BCUT2D eigenvalue weighted by molar-refractivity contribution is 7.99. The molecule has 0 bridgehead atoms. The lowest BCUT2D eigenvalue weighted by atomic mass is 10.2. The van der Waals surface area contributed by atoms with E-state index in [1.807, 2.05) is 103 Å². The van der Waals surface area contributed by atoms with E-state index in [9.17, 15) is 4.79 Å². The average Bonchev–Trinajstić information content (AvgIpc) is 3.44. The molecular formula is C28H24N4OS. The molecule has 2 heterocycles. The Labute approximate surface area is 203 Å². The number of aryl methyl sites for hydroxylation is 1. The van der Waals surface area contributed by atoms with Crippen LogP contribution >= 0.6 is 11.8 Å². The van der Waals surface area contributed by atoms with Gasteiger partial charge in [-0.3, -0.25) is 9.36 Å². The summed E-state index contributed by atoms with van der Waals surface area (Å²) in [7, 11) is 0. The van der Waals surface area contributed by atoms with Crippen LogP contribution in [0.1, 0.15) is 21.7 Å². The number of thioether (sulfide) groups is 1. The molecule has 0 atom stereocenters. The molecule has 0 aliphatic heterocycles. The summed E-state index contributed by atoms with van der Waals surface area (Å²) in [5.41, 5.74) is 5.72. The van der Waals surface area contributed by atoms with Gasteiger partial charge in [0.1, 0.15) is 0 Å². The topological polar surface area (TPSA) is 52.7 Å². The standard InChI is InChI=1S/C28H24N4OS/c1-20-18-25(21(2)31(20)23-14-8-4-9-15-23)26(33)19-34-28-30-29-27(22-12-6-3-7-13-22)32(28)24-16-10-5-11-17-24/h3-18H,19H2,1-2H3. The highest BCUT2D eigenvalue weighted by Crippen LogP contribution is 2.29. The van der Waals surface area contributed by atoms with E-state index in [2.05, 4.69) is 26.9 Å². The van der Waals surface area contributed by atoms with E-state index in [0.717, 1.165) is 39.7 Å². The van der Waals surface area contributed by atoms with Gasteiger partial charge < -0.3 is 4.57 Å². The molecule has 0 saturated heterocycles. The fourth-order valence-electron chi connectivity index (χ4n) is 4.17. The molecule has 0 fully saturated rings. The van der Waals surface area contributed by atoms with Gasteiger partial charge in [0.05, 0.1) is 5.75 Å².